The molecule has 170 valence electrons. The fourth-order valence-electron chi connectivity index (χ4n) is 5.10. The summed E-state index contributed by atoms with van der Waals surface area (Å²) in [4.78, 5) is 12.5. The molecule has 0 spiro atoms. The smallest absolute Gasteiger partial charge is 0.317 e. The van der Waals surface area contributed by atoms with E-state index in [1.54, 1.807) is 0 Å². The van der Waals surface area contributed by atoms with Gasteiger partial charge in [0, 0.05) is 11.1 Å². The van der Waals surface area contributed by atoms with Gasteiger partial charge in [0.15, 0.2) is 0 Å². The summed E-state index contributed by atoms with van der Waals surface area (Å²) in [6.07, 6.45) is 2.98. The first-order valence-electron chi connectivity index (χ1n) is 11.0. The standard InChI is InChI=1S/C27H44O3/c1-13-30-23(29)18(2)19-14-20(26(9,10)16-24(3,4)5)22(28)21(15-19)27(11,12)17-25(6,7)8/h13-15,18,28H,1,16-17H2,2-12H3. The zero-order chi connectivity index (χ0) is 23.7. The zero-order valence-electron chi connectivity index (χ0n) is 21.2. The SMILES string of the molecule is C=COC(=O)C(C)c1cc(C(C)(C)CC(C)(C)C)c(O)c(C(C)(C)CC(C)(C)C)c1. The minimum atomic E-state index is -0.447. The lowest BCUT2D eigenvalue weighted by atomic mass is 9.67. The summed E-state index contributed by atoms with van der Waals surface area (Å²) in [6, 6.07) is 3.99. The number of ether oxygens (including phenoxy) is 1. The lowest BCUT2D eigenvalue weighted by Gasteiger charge is -2.38. The van der Waals surface area contributed by atoms with Crippen LogP contribution in [0.5, 0.6) is 5.75 Å². The fraction of sp³-hybridized carbons (Fsp3) is 0.667. The Bertz CT molecular complexity index is 721. The van der Waals surface area contributed by atoms with Gasteiger partial charge >= 0.3 is 5.97 Å². The number of hydrogen-bond acceptors (Lipinski definition) is 3. The molecule has 0 aromatic heterocycles. The highest BCUT2D eigenvalue weighted by molar-refractivity contribution is 5.78. The molecule has 1 aromatic carbocycles. The highest BCUT2D eigenvalue weighted by Crippen LogP contribution is 2.47. The van der Waals surface area contributed by atoms with Crippen molar-refractivity contribution in [3.63, 3.8) is 0 Å². The number of rotatable bonds is 7. The summed E-state index contributed by atoms with van der Waals surface area (Å²) in [5.74, 6) is -0.432. The molecule has 1 unspecified atom stereocenters. The third-order valence-corrected chi connectivity index (χ3v) is 5.59. The zero-order valence-corrected chi connectivity index (χ0v) is 21.2. The topological polar surface area (TPSA) is 46.5 Å². The Labute approximate surface area is 184 Å². The van der Waals surface area contributed by atoms with Crippen molar-refractivity contribution in [2.75, 3.05) is 0 Å². The molecule has 0 heterocycles. The molecular weight excluding hydrogens is 372 g/mol. The first-order valence-corrected chi connectivity index (χ1v) is 11.0. The van der Waals surface area contributed by atoms with Gasteiger partial charge in [-0.15, -0.1) is 0 Å². The van der Waals surface area contributed by atoms with Crippen molar-refractivity contribution >= 4 is 5.97 Å². The maximum absolute atomic E-state index is 12.5. The van der Waals surface area contributed by atoms with E-state index in [0.29, 0.717) is 5.75 Å². The van der Waals surface area contributed by atoms with Crippen LogP contribution in [0.25, 0.3) is 0 Å². The molecule has 1 atom stereocenters. The van der Waals surface area contributed by atoms with E-state index in [4.69, 9.17) is 4.74 Å². The molecule has 3 nitrogen and oxygen atoms in total. The number of esters is 1. The van der Waals surface area contributed by atoms with Gasteiger partial charge in [-0.05, 0) is 47.0 Å². The summed E-state index contributed by atoms with van der Waals surface area (Å²) in [5.41, 5.74) is 2.34. The second kappa shape index (κ2) is 8.77. The van der Waals surface area contributed by atoms with Crippen molar-refractivity contribution in [2.45, 2.75) is 106 Å². The molecule has 0 bridgehead atoms. The maximum atomic E-state index is 12.5. The predicted octanol–water partition coefficient (Wildman–Crippen LogP) is 7.61. The molecule has 0 aliphatic rings. The van der Waals surface area contributed by atoms with Crippen LogP contribution in [-0.2, 0) is 20.4 Å². The molecule has 0 amide bonds. The van der Waals surface area contributed by atoms with Gasteiger partial charge in [0.05, 0.1) is 12.2 Å². The van der Waals surface area contributed by atoms with Gasteiger partial charge in [-0.1, -0.05) is 87.9 Å². The van der Waals surface area contributed by atoms with E-state index in [2.05, 4.69) is 75.8 Å². The van der Waals surface area contributed by atoms with Crippen LogP contribution >= 0.6 is 0 Å². The highest BCUT2D eigenvalue weighted by Gasteiger charge is 2.36. The van der Waals surface area contributed by atoms with E-state index in [1.807, 2.05) is 19.1 Å². The quantitative estimate of drug-likeness (QED) is 0.367. The van der Waals surface area contributed by atoms with Crippen molar-refractivity contribution < 1.29 is 14.6 Å². The van der Waals surface area contributed by atoms with Crippen LogP contribution in [-0.4, -0.2) is 11.1 Å². The third kappa shape index (κ3) is 6.89. The average molecular weight is 417 g/mol. The molecule has 1 N–H and O–H groups in total. The van der Waals surface area contributed by atoms with Crippen LogP contribution in [0.2, 0.25) is 0 Å². The molecule has 30 heavy (non-hydrogen) atoms. The molecule has 0 saturated heterocycles. The van der Waals surface area contributed by atoms with Crippen LogP contribution in [0.4, 0.5) is 0 Å². The van der Waals surface area contributed by atoms with Gasteiger partial charge in [0.1, 0.15) is 5.75 Å². The average Bonchev–Trinajstić information content (AvgIpc) is 2.49. The van der Waals surface area contributed by atoms with E-state index in [9.17, 15) is 9.90 Å². The van der Waals surface area contributed by atoms with Crippen molar-refractivity contribution in [1.29, 1.82) is 0 Å². The minimum Gasteiger partial charge on any atom is -0.507 e. The van der Waals surface area contributed by atoms with Crippen molar-refractivity contribution in [3.05, 3.63) is 41.7 Å². The van der Waals surface area contributed by atoms with E-state index in [-0.39, 0.29) is 27.6 Å². The Morgan fingerprint density at radius 3 is 1.60 bits per heavy atom. The Morgan fingerprint density at radius 1 is 0.933 bits per heavy atom. The van der Waals surface area contributed by atoms with Crippen molar-refractivity contribution in [1.82, 2.24) is 0 Å². The van der Waals surface area contributed by atoms with Gasteiger partial charge in [-0.2, -0.15) is 0 Å². The second-order valence-electron chi connectivity index (χ2n) is 12.5. The van der Waals surface area contributed by atoms with Gasteiger partial charge in [-0.3, -0.25) is 4.79 Å². The lowest BCUT2D eigenvalue weighted by Crippen LogP contribution is -2.29. The Hall–Kier alpha value is -1.77. The number of phenols is 1. The monoisotopic (exact) mass is 416 g/mol. The van der Waals surface area contributed by atoms with Gasteiger partial charge < -0.3 is 9.84 Å². The molecule has 0 aliphatic heterocycles. The lowest BCUT2D eigenvalue weighted by molar-refractivity contribution is -0.139. The molecule has 0 fully saturated rings. The van der Waals surface area contributed by atoms with Crippen LogP contribution in [0.1, 0.15) is 112 Å². The Kier molecular flexibility index (Phi) is 7.67. The Balaban J connectivity index is 3.75. The highest BCUT2D eigenvalue weighted by atomic mass is 16.5. The third-order valence-electron chi connectivity index (χ3n) is 5.59. The van der Waals surface area contributed by atoms with Crippen LogP contribution < -0.4 is 0 Å². The van der Waals surface area contributed by atoms with E-state index >= 15 is 0 Å². The van der Waals surface area contributed by atoms with E-state index in [0.717, 1.165) is 29.5 Å². The number of aromatic hydroxyl groups is 1. The van der Waals surface area contributed by atoms with Crippen LogP contribution in [0, 0.1) is 10.8 Å². The molecule has 1 aromatic rings. The van der Waals surface area contributed by atoms with E-state index in [1.165, 1.54) is 6.26 Å². The number of carbonyl (C=O) groups is 1. The summed E-state index contributed by atoms with van der Waals surface area (Å²) in [7, 11) is 0. The number of phenolic OH excluding ortho intramolecular Hbond substituents is 1. The predicted molar refractivity (Wildman–Crippen MR) is 127 cm³/mol. The molecule has 3 heteroatoms. The summed E-state index contributed by atoms with van der Waals surface area (Å²) in [6.45, 7) is 27.3. The normalized spacial score (nSPS) is 14.4. The molecule has 1 rings (SSSR count). The summed E-state index contributed by atoms with van der Waals surface area (Å²) < 4.78 is 5.06. The summed E-state index contributed by atoms with van der Waals surface area (Å²) >= 11 is 0. The molecule has 0 saturated carbocycles. The first-order chi connectivity index (χ1) is 13.3. The van der Waals surface area contributed by atoms with E-state index < -0.39 is 5.92 Å². The van der Waals surface area contributed by atoms with Gasteiger partial charge in [-0.25, -0.2) is 0 Å². The largest absolute Gasteiger partial charge is 0.507 e. The van der Waals surface area contributed by atoms with Crippen LogP contribution in [0.3, 0.4) is 0 Å². The Morgan fingerprint density at radius 2 is 1.30 bits per heavy atom. The first kappa shape index (κ1) is 26.3. The van der Waals surface area contributed by atoms with Crippen LogP contribution in [0.15, 0.2) is 25.0 Å². The number of benzene rings is 1. The molecule has 0 radical (unpaired) electrons. The minimum absolute atomic E-state index is 0.0976. The summed E-state index contributed by atoms with van der Waals surface area (Å²) in [5, 5.41) is 11.5. The fourth-order valence-corrected chi connectivity index (χ4v) is 5.10. The second-order valence-corrected chi connectivity index (χ2v) is 12.5. The molecule has 0 aliphatic carbocycles. The van der Waals surface area contributed by atoms with Gasteiger partial charge in [0.2, 0.25) is 0 Å². The number of hydrogen-bond donors (Lipinski definition) is 1. The van der Waals surface area contributed by atoms with Gasteiger partial charge in [0.25, 0.3) is 0 Å². The van der Waals surface area contributed by atoms with Crippen molar-refractivity contribution in [3.8, 4) is 5.75 Å². The maximum Gasteiger partial charge on any atom is 0.317 e. The molecular formula is C27H44O3. The number of carbonyl (C=O) groups excluding carboxylic acids is 1. The van der Waals surface area contributed by atoms with Crippen molar-refractivity contribution in [2.24, 2.45) is 10.8 Å².